The highest BCUT2D eigenvalue weighted by molar-refractivity contribution is 5.84. The molecule has 0 atom stereocenters. The lowest BCUT2D eigenvalue weighted by atomic mass is 10.4. The molecule has 0 spiro atoms. The van der Waals surface area contributed by atoms with E-state index in [1.165, 1.54) is 17.7 Å². The van der Waals surface area contributed by atoms with Crippen LogP contribution < -0.4 is 4.74 Å². The molecular weight excluding hydrogens is 186 g/mol. The first-order valence-electron chi connectivity index (χ1n) is 3.84. The maximum absolute atomic E-state index is 10.7. The standard InChI is InChI=1S/C8H7N3O3/c1-14-5-2-3-6-9-10-7(8(12)13)11(6)4-5/h2-4H,1H3,(H,12,13). The van der Waals surface area contributed by atoms with Crippen LogP contribution in [0.1, 0.15) is 10.6 Å². The van der Waals surface area contributed by atoms with Gasteiger partial charge in [-0.2, -0.15) is 0 Å². The Morgan fingerprint density at radius 1 is 1.50 bits per heavy atom. The van der Waals surface area contributed by atoms with Gasteiger partial charge in [-0.1, -0.05) is 0 Å². The van der Waals surface area contributed by atoms with Gasteiger partial charge in [0.15, 0.2) is 5.65 Å². The summed E-state index contributed by atoms with van der Waals surface area (Å²) in [5, 5.41) is 16.0. The summed E-state index contributed by atoms with van der Waals surface area (Å²) in [6, 6.07) is 3.33. The van der Waals surface area contributed by atoms with Crippen LogP contribution in [0.3, 0.4) is 0 Å². The van der Waals surface area contributed by atoms with Crippen LogP contribution in [0.5, 0.6) is 5.75 Å². The average molecular weight is 193 g/mol. The van der Waals surface area contributed by atoms with Crippen molar-refractivity contribution in [3.63, 3.8) is 0 Å². The Morgan fingerprint density at radius 2 is 2.29 bits per heavy atom. The number of hydrogen-bond acceptors (Lipinski definition) is 4. The maximum atomic E-state index is 10.7. The van der Waals surface area contributed by atoms with Gasteiger partial charge in [0.1, 0.15) is 5.75 Å². The second-order valence-corrected chi connectivity index (χ2v) is 2.63. The molecule has 0 unspecified atom stereocenters. The van der Waals surface area contributed by atoms with Crippen LogP contribution in [-0.2, 0) is 0 Å². The Balaban J connectivity index is 2.69. The Morgan fingerprint density at radius 3 is 2.93 bits per heavy atom. The molecule has 0 aliphatic heterocycles. The predicted molar refractivity (Wildman–Crippen MR) is 46.5 cm³/mol. The molecule has 0 saturated heterocycles. The van der Waals surface area contributed by atoms with Crippen molar-refractivity contribution in [1.29, 1.82) is 0 Å². The number of aromatic carboxylic acids is 1. The van der Waals surface area contributed by atoms with Gasteiger partial charge in [0.05, 0.1) is 13.3 Å². The van der Waals surface area contributed by atoms with E-state index in [0.29, 0.717) is 11.4 Å². The van der Waals surface area contributed by atoms with Crippen LogP contribution in [0.4, 0.5) is 0 Å². The van der Waals surface area contributed by atoms with Gasteiger partial charge in [-0.25, -0.2) is 4.79 Å². The lowest BCUT2D eigenvalue weighted by Gasteiger charge is -1.99. The van der Waals surface area contributed by atoms with Crippen LogP contribution >= 0.6 is 0 Å². The molecular formula is C8H7N3O3. The minimum atomic E-state index is -1.12. The average Bonchev–Trinajstić information content (AvgIpc) is 2.59. The first-order valence-corrected chi connectivity index (χ1v) is 3.84. The number of nitrogens with zero attached hydrogens (tertiary/aromatic N) is 3. The van der Waals surface area contributed by atoms with Gasteiger partial charge in [-0.05, 0) is 12.1 Å². The Kier molecular flexibility index (Phi) is 1.81. The molecule has 2 aromatic heterocycles. The molecule has 0 bridgehead atoms. The first kappa shape index (κ1) is 8.49. The van der Waals surface area contributed by atoms with Crippen molar-refractivity contribution >= 4 is 11.6 Å². The summed E-state index contributed by atoms with van der Waals surface area (Å²) < 4.78 is 6.32. The van der Waals surface area contributed by atoms with Crippen molar-refractivity contribution in [2.45, 2.75) is 0 Å². The predicted octanol–water partition coefficient (Wildman–Crippen LogP) is 0.436. The topological polar surface area (TPSA) is 76.7 Å². The van der Waals surface area contributed by atoms with E-state index in [2.05, 4.69) is 10.2 Å². The number of fused-ring (bicyclic) bond motifs is 1. The molecule has 0 amide bonds. The van der Waals surface area contributed by atoms with E-state index in [-0.39, 0.29) is 5.82 Å². The maximum Gasteiger partial charge on any atom is 0.374 e. The zero-order chi connectivity index (χ0) is 10.1. The zero-order valence-corrected chi connectivity index (χ0v) is 7.34. The van der Waals surface area contributed by atoms with Crippen molar-refractivity contribution in [1.82, 2.24) is 14.6 Å². The van der Waals surface area contributed by atoms with Crippen molar-refractivity contribution < 1.29 is 14.6 Å². The summed E-state index contributed by atoms with van der Waals surface area (Å²) in [5.74, 6) is -0.690. The van der Waals surface area contributed by atoms with Crippen LogP contribution in [0.15, 0.2) is 18.3 Å². The number of aromatic nitrogens is 3. The highest BCUT2D eigenvalue weighted by atomic mass is 16.5. The van der Waals surface area contributed by atoms with Gasteiger partial charge < -0.3 is 9.84 Å². The fourth-order valence-corrected chi connectivity index (χ4v) is 1.14. The van der Waals surface area contributed by atoms with E-state index in [4.69, 9.17) is 9.84 Å². The van der Waals surface area contributed by atoms with Gasteiger partial charge in [0, 0.05) is 0 Å². The quantitative estimate of drug-likeness (QED) is 0.748. The number of carbonyl (C=O) groups is 1. The largest absolute Gasteiger partial charge is 0.495 e. The minimum absolute atomic E-state index is 0.126. The molecule has 0 radical (unpaired) electrons. The fourth-order valence-electron chi connectivity index (χ4n) is 1.14. The van der Waals surface area contributed by atoms with E-state index in [1.807, 2.05) is 0 Å². The van der Waals surface area contributed by atoms with Crippen molar-refractivity contribution in [2.75, 3.05) is 7.11 Å². The molecule has 6 heteroatoms. The van der Waals surface area contributed by atoms with Crippen molar-refractivity contribution in [3.8, 4) is 5.75 Å². The number of rotatable bonds is 2. The molecule has 0 saturated carbocycles. The van der Waals surface area contributed by atoms with E-state index < -0.39 is 5.97 Å². The third-order valence-electron chi connectivity index (χ3n) is 1.80. The monoisotopic (exact) mass is 193 g/mol. The number of methoxy groups -OCH3 is 1. The highest BCUT2D eigenvalue weighted by Gasteiger charge is 2.12. The summed E-state index contributed by atoms with van der Waals surface area (Å²) in [5.41, 5.74) is 0.475. The number of pyridine rings is 1. The number of ether oxygens (including phenoxy) is 1. The van der Waals surface area contributed by atoms with Gasteiger partial charge in [0.25, 0.3) is 0 Å². The molecule has 2 rings (SSSR count). The Labute approximate surface area is 78.8 Å². The smallest absolute Gasteiger partial charge is 0.374 e. The molecule has 72 valence electrons. The van der Waals surface area contributed by atoms with Crippen LogP contribution in [0.2, 0.25) is 0 Å². The molecule has 1 N–H and O–H groups in total. The normalized spacial score (nSPS) is 10.4. The zero-order valence-electron chi connectivity index (χ0n) is 7.34. The molecule has 6 nitrogen and oxygen atoms in total. The molecule has 2 aromatic rings. The van der Waals surface area contributed by atoms with Crippen molar-refractivity contribution in [2.24, 2.45) is 0 Å². The third kappa shape index (κ3) is 1.17. The van der Waals surface area contributed by atoms with Crippen LogP contribution in [-0.4, -0.2) is 32.8 Å². The van der Waals surface area contributed by atoms with E-state index in [0.717, 1.165) is 0 Å². The summed E-state index contributed by atoms with van der Waals surface area (Å²) in [6.45, 7) is 0. The molecule has 0 aliphatic carbocycles. The third-order valence-corrected chi connectivity index (χ3v) is 1.80. The summed E-state index contributed by atoms with van der Waals surface area (Å²) >= 11 is 0. The fraction of sp³-hybridized carbons (Fsp3) is 0.125. The lowest BCUT2D eigenvalue weighted by Crippen LogP contribution is -2.03. The molecule has 0 aliphatic rings. The second-order valence-electron chi connectivity index (χ2n) is 2.63. The van der Waals surface area contributed by atoms with Gasteiger partial charge in [-0.3, -0.25) is 4.40 Å². The van der Waals surface area contributed by atoms with Gasteiger partial charge in [-0.15, -0.1) is 10.2 Å². The summed E-state index contributed by atoms with van der Waals surface area (Å²) in [7, 11) is 1.51. The van der Waals surface area contributed by atoms with Crippen LogP contribution in [0.25, 0.3) is 5.65 Å². The van der Waals surface area contributed by atoms with E-state index in [9.17, 15) is 4.79 Å². The minimum Gasteiger partial charge on any atom is -0.495 e. The van der Waals surface area contributed by atoms with Gasteiger partial charge in [0.2, 0.25) is 5.82 Å². The number of carboxylic acids is 1. The number of carboxylic acid groups (broad SMARTS) is 1. The molecule has 0 fully saturated rings. The molecule has 2 heterocycles. The van der Waals surface area contributed by atoms with Gasteiger partial charge >= 0.3 is 5.97 Å². The molecule has 14 heavy (non-hydrogen) atoms. The Bertz CT molecular complexity index is 492. The second kappa shape index (κ2) is 2.99. The lowest BCUT2D eigenvalue weighted by molar-refractivity contribution is 0.0682. The first-order chi connectivity index (χ1) is 6.72. The van der Waals surface area contributed by atoms with Crippen LogP contribution in [0, 0.1) is 0 Å². The number of hydrogen-bond donors (Lipinski definition) is 1. The molecule has 0 aromatic carbocycles. The van der Waals surface area contributed by atoms with E-state index in [1.54, 1.807) is 12.1 Å². The van der Waals surface area contributed by atoms with E-state index >= 15 is 0 Å². The SMILES string of the molecule is COc1ccc2nnc(C(=O)O)n2c1. The van der Waals surface area contributed by atoms with Crippen molar-refractivity contribution in [3.05, 3.63) is 24.2 Å². The highest BCUT2D eigenvalue weighted by Crippen LogP contribution is 2.12. The Hall–Kier alpha value is -2.11. The summed E-state index contributed by atoms with van der Waals surface area (Å²) in [4.78, 5) is 10.7. The summed E-state index contributed by atoms with van der Waals surface area (Å²) in [6.07, 6.45) is 1.53.